The molecule has 0 aliphatic heterocycles. The molecular weight excluding hydrogens is 424 g/mol. The SMILES string of the molecule is C=C(C)C(=O)OCCCCCCCCCCCCCC.C=COC(C)=O.C=Cc1ccccc1. The highest BCUT2D eigenvalue weighted by atomic mass is 16.5. The van der Waals surface area contributed by atoms with Crippen LogP contribution < -0.4 is 0 Å². The minimum absolute atomic E-state index is 0.256. The fourth-order valence-electron chi connectivity index (χ4n) is 2.94. The lowest BCUT2D eigenvalue weighted by molar-refractivity contribution is -0.139. The molecule has 0 saturated heterocycles. The lowest BCUT2D eigenvalue weighted by Gasteiger charge is -2.04. The summed E-state index contributed by atoms with van der Waals surface area (Å²) in [6, 6.07) is 10.0. The maximum Gasteiger partial charge on any atom is 0.333 e. The molecule has 192 valence electrons. The monoisotopic (exact) mass is 472 g/mol. The van der Waals surface area contributed by atoms with Crippen LogP contribution in [0.5, 0.6) is 0 Å². The zero-order valence-corrected chi connectivity index (χ0v) is 22.0. The highest BCUT2D eigenvalue weighted by Gasteiger charge is 2.01. The van der Waals surface area contributed by atoms with Crippen molar-refractivity contribution in [3.8, 4) is 0 Å². The average Bonchev–Trinajstić information content (AvgIpc) is 2.83. The van der Waals surface area contributed by atoms with E-state index in [1.54, 1.807) is 6.92 Å². The van der Waals surface area contributed by atoms with Crippen molar-refractivity contribution in [2.45, 2.75) is 97.8 Å². The van der Waals surface area contributed by atoms with E-state index < -0.39 is 0 Å². The van der Waals surface area contributed by atoms with Crippen LogP contribution in [0, 0.1) is 0 Å². The molecule has 0 aromatic heterocycles. The number of carbonyl (C=O) groups excluding carboxylic acids is 2. The summed E-state index contributed by atoms with van der Waals surface area (Å²) in [7, 11) is 0. The maximum atomic E-state index is 11.1. The lowest BCUT2D eigenvalue weighted by atomic mass is 10.1. The predicted octanol–water partition coefficient (Wildman–Crippen LogP) is 8.83. The molecule has 0 atom stereocenters. The zero-order chi connectivity index (χ0) is 25.9. The van der Waals surface area contributed by atoms with Gasteiger partial charge in [0.15, 0.2) is 0 Å². The van der Waals surface area contributed by atoms with E-state index in [0.717, 1.165) is 12.7 Å². The van der Waals surface area contributed by atoms with Crippen LogP contribution in [-0.4, -0.2) is 18.5 Å². The number of rotatable bonds is 16. The van der Waals surface area contributed by atoms with Gasteiger partial charge in [0, 0.05) is 12.5 Å². The largest absolute Gasteiger partial charge is 0.462 e. The van der Waals surface area contributed by atoms with Gasteiger partial charge in [0.05, 0.1) is 12.9 Å². The van der Waals surface area contributed by atoms with Crippen molar-refractivity contribution in [3.05, 3.63) is 67.5 Å². The second-order valence-corrected chi connectivity index (χ2v) is 8.20. The van der Waals surface area contributed by atoms with Crippen molar-refractivity contribution < 1.29 is 19.1 Å². The fraction of sp³-hybridized carbons (Fsp3) is 0.533. The molecule has 0 aliphatic carbocycles. The van der Waals surface area contributed by atoms with Crippen molar-refractivity contribution in [1.29, 1.82) is 0 Å². The first-order valence-corrected chi connectivity index (χ1v) is 12.7. The quantitative estimate of drug-likeness (QED) is 0.104. The highest BCUT2D eigenvalue weighted by Crippen LogP contribution is 2.12. The van der Waals surface area contributed by atoms with E-state index in [2.05, 4.69) is 31.4 Å². The Balaban J connectivity index is 0. The van der Waals surface area contributed by atoms with Crippen LogP contribution in [0.3, 0.4) is 0 Å². The van der Waals surface area contributed by atoms with Crippen molar-refractivity contribution in [2.75, 3.05) is 6.61 Å². The van der Waals surface area contributed by atoms with Gasteiger partial charge >= 0.3 is 11.9 Å². The summed E-state index contributed by atoms with van der Waals surface area (Å²) in [6.45, 7) is 16.2. The first-order chi connectivity index (χ1) is 16.4. The Kier molecular flexibility index (Phi) is 26.3. The van der Waals surface area contributed by atoms with Crippen LogP contribution in [-0.2, 0) is 19.1 Å². The van der Waals surface area contributed by atoms with Crippen LogP contribution in [0.4, 0.5) is 0 Å². The number of hydrogen-bond donors (Lipinski definition) is 0. The van der Waals surface area contributed by atoms with Crippen LogP contribution in [0.2, 0.25) is 0 Å². The molecule has 0 heterocycles. The summed E-state index contributed by atoms with van der Waals surface area (Å²) in [6.07, 6.45) is 18.8. The average molecular weight is 473 g/mol. The predicted molar refractivity (Wildman–Crippen MR) is 145 cm³/mol. The molecule has 0 saturated carbocycles. The van der Waals surface area contributed by atoms with Gasteiger partial charge in [0.2, 0.25) is 0 Å². The molecule has 0 amide bonds. The van der Waals surface area contributed by atoms with Gasteiger partial charge in [-0.2, -0.15) is 0 Å². The first kappa shape index (κ1) is 33.6. The Morgan fingerprint density at radius 3 is 1.59 bits per heavy atom. The molecule has 0 aliphatic rings. The molecule has 0 radical (unpaired) electrons. The Hall–Kier alpha value is -2.62. The van der Waals surface area contributed by atoms with Gasteiger partial charge in [-0.1, -0.05) is 134 Å². The smallest absolute Gasteiger partial charge is 0.333 e. The van der Waals surface area contributed by atoms with Gasteiger partial charge < -0.3 is 9.47 Å². The van der Waals surface area contributed by atoms with E-state index in [4.69, 9.17) is 4.74 Å². The van der Waals surface area contributed by atoms with Gasteiger partial charge in [-0.3, -0.25) is 4.79 Å². The highest BCUT2D eigenvalue weighted by molar-refractivity contribution is 5.86. The van der Waals surface area contributed by atoms with E-state index in [9.17, 15) is 9.59 Å². The summed E-state index contributed by atoms with van der Waals surface area (Å²) >= 11 is 0. The molecule has 1 aromatic rings. The molecule has 4 heteroatoms. The molecule has 4 nitrogen and oxygen atoms in total. The molecule has 0 spiro atoms. The lowest BCUT2D eigenvalue weighted by Crippen LogP contribution is -2.05. The Labute approximate surface area is 209 Å². The van der Waals surface area contributed by atoms with Crippen molar-refractivity contribution in [2.24, 2.45) is 0 Å². The van der Waals surface area contributed by atoms with E-state index in [0.29, 0.717) is 12.2 Å². The minimum atomic E-state index is -0.329. The van der Waals surface area contributed by atoms with E-state index >= 15 is 0 Å². The zero-order valence-electron chi connectivity index (χ0n) is 22.0. The van der Waals surface area contributed by atoms with Gasteiger partial charge in [-0.15, -0.1) is 0 Å². The van der Waals surface area contributed by atoms with Crippen LogP contribution in [0.1, 0.15) is 103 Å². The second kappa shape index (κ2) is 26.6. The molecule has 0 bridgehead atoms. The fourth-order valence-corrected chi connectivity index (χ4v) is 2.94. The normalized spacial score (nSPS) is 9.38. The molecular formula is C30H48O4. The van der Waals surface area contributed by atoms with Gasteiger partial charge in [0.25, 0.3) is 0 Å². The van der Waals surface area contributed by atoms with E-state index in [1.165, 1.54) is 83.1 Å². The molecule has 0 fully saturated rings. The topological polar surface area (TPSA) is 52.6 Å². The van der Waals surface area contributed by atoms with Crippen molar-refractivity contribution in [1.82, 2.24) is 0 Å². The van der Waals surface area contributed by atoms with Crippen molar-refractivity contribution in [3.63, 3.8) is 0 Å². The third kappa shape index (κ3) is 27.4. The number of unbranched alkanes of at least 4 members (excludes halogenated alkanes) is 11. The standard InChI is InChI=1S/C18H34O2.C8H8.C4H6O2/c1-4-5-6-7-8-9-10-11-12-13-14-15-16-20-18(19)17(2)3;1-2-8-6-4-3-5-7-8;1-3-6-4(2)5/h2,4-16H2,1,3H3;2-7H,1H2;3H,1H2,2H3. The summed E-state index contributed by atoms with van der Waals surface area (Å²) in [4.78, 5) is 20.9. The van der Waals surface area contributed by atoms with Crippen LogP contribution >= 0.6 is 0 Å². The Bertz CT molecular complexity index is 649. The summed E-state index contributed by atoms with van der Waals surface area (Å²) in [5, 5.41) is 0. The number of carbonyl (C=O) groups is 2. The maximum absolute atomic E-state index is 11.1. The molecule has 1 aromatic carbocycles. The van der Waals surface area contributed by atoms with Crippen molar-refractivity contribution >= 4 is 18.0 Å². The second-order valence-electron chi connectivity index (χ2n) is 8.20. The number of esters is 2. The van der Waals surface area contributed by atoms with Crippen LogP contribution in [0.25, 0.3) is 6.08 Å². The summed E-state index contributed by atoms with van der Waals surface area (Å²) in [5.74, 6) is -0.585. The Morgan fingerprint density at radius 1 is 0.794 bits per heavy atom. The first-order valence-electron chi connectivity index (χ1n) is 12.7. The molecule has 0 unspecified atom stereocenters. The van der Waals surface area contributed by atoms with Gasteiger partial charge in [-0.05, 0) is 18.9 Å². The van der Waals surface area contributed by atoms with Crippen LogP contribution in [0.15, 0.2) is 61.9 Å². The molecule has 1 rings (SSSR count). The van der Waals surface area contributed by atoms with Gasteiger partial charge in [0.1, 0.15) is 0 Å². The van der Waals surface area contributed by atoms with E-state index in [-0.39, 0.29) is 11.9 Å². The van der Waals surface area contributed by atoms with E-state index in [1.807, 2.05) is 36.4 Å². The molecule has 34 heavy (non-hydrogen) atoms. The molecule has 0 N–H and O–H groups in total. The minimum Gasteiger partial charge on any atom is -0.462 e. The number of hydrogen-bond acceptors (Lipinski definition) is 4. The summed E-state index contributed by atoms with van der Waals surface area (Å²) in [5.41, 5.74) is 1.66. The Morgan fingerprint density at radius 2 is 1.26 bits per heavy atom. The van der Waals surface area contributed by atoms with Gasteiger partial charge in [-0.25, -0.2) is 4.79 Å². The summed E-state index contributed by atoms with van der Waals surface area (Å²) < 4.78 is 9.22. The number of ether oxygens (including phenoxy) is 2. The third-order valence-electron chi connectivity index (χ3n) is 4.86. The number of benzene rings is 1. The third-order valence-corrected chi connectivity index (χ3v) is 4.86.